The first kappa shape index (κ1) is 18.9. The number of hydrogen-bond donors (Lipinski definition) is 2. The van der Waals surface area contributed by atoms with E-state index < -0.39 is 48.8 Å². The van der Waals surface area contributed by atoms with Crippen LogP contribution in [0.5, 0.6) is 0 Å². The van der Waals surface area contributed by atoms with Crippen molar-refractivity contribution in [2.75, 3.05) is 11.5 Å². The van der Waals surface area contributed by atoms with Gasteiger partial charge in [-0.1, -0.05) is 0 Å². The number of rotatable bonds is 2. The second-order valence-corrected chi connectivity index (χ2v) is 6.92. The minimum atomic E-state index is -5.07. The van der Waals surface area contributed by atoms with Gasteiger partial charge in [0.25, 0.3) is 0 Å². The molecule has 4 N–H and O–H groups in total. The van der Waals surface area contributed by atoms with Crippen molar-refractivity contribution < 1.29 is 34.8 Å². The van der Waals surface area contributed by atoms with Crippen LogP contribution in [-0.2, 0) is 22.2 Å². The molecule has 0 unspecified atom stereocenters. The van der Waals surface area contributed by atoms with Gasteiger partial charge in [-0.25, -0.2) is 8.42 Å². The third kappa shape index (κ3) is 3.65. The first-order chi connectivity index (χ1) is 11.2. The van der Waals surface area contributed by atoms with E-state index in [1.165, 1.54) is 0 Å². The molecule has 0 atom stereocenters. The molecule has 25 heavy (non-hydrogen) atoms. The van der Waals surface area contributed by atoms with E-state index >= 15 is 0 Å². The van der Waals surface area contributed by atoms with Gasteiger partial charge in [0.1, 0.15) is 0 Å². The molecule has 0 bridgehead atoms. The summed E-state index contributed by atoms with van der Waals surface area (Å²) in [5.74, 6) is 0. The van der Waals surface area contributed by atoms with Crippen molar-refractivity contribution in [2.24, 2.45) is 0 Å². The lowest BCUT2D eigenvalue weighted by atomic mass is 10.2. The van der Waals surface area contributed by atoms with Gasteiger partial charge in [0.15, 0.2) is 0 Å². The van der Waals surface area contributed by atoms with Crippen LogP contribution in [0.15, 0.2) is 46.2 Å². The van der Waals surface area contributed by atoms with Gasteiger partial charge >= 0.3 is 12.4 Å². The van der Waals surface area contributed by atoms with Crippen LogP contribution in [0.1, 0.15) is 11.1 Å². The van der Waals surface area contributed by atoms with Crippen LogP contribution in [0.4, 0.5) is 37.7 Å². The molecule has 4 nitrogen and oxygen atoms in total. The highest BCUT2D eigenvalue weighted by Gasteiger charge is 2.39. The molecule has 0 radical (unpaired) electrons. The van der Waals surface area contributed by atoms with Crippen LogP contribution in [0.2, 0.25) is 0 Å². The number of halogens is 6. The third-order valence-electron chi connectivity index (χ3n) is 3.24. The maximum Gasteiger partial charge on any atom is 0.418 e. The van der Waals surface area contributed by atoms with Crippen molar-refractivity contribution in [2.45, 2.75) is 22.1 Å². The molecule has 0 fully saturated rings. The summed E-state index contributed by atoms with van der Waals surface area (Å²) in [7, 11) is -4.90. The van der Waals surface area contributed by atoms with Crippen LogP contribution in [-0.4, -0.2) is 8.42 Å². The number of alkyl halides is 6. The molecular formula is C14H10F6N2O2S. The second-order valence-electron chi connectivity index (χ2n) is 5.00. The number of anilines is 2. The highest BCUT2D eigenvalue weighted by atomic mass is 32.2. The van der Waals surface area contributed by atoms with Gasteiger partial charge in [0, 0.05) is 11.4 Å². The Morgan fingerprint density at radius 1 is 0.760 bits per heavy atom. The third-order valence-corrected chi connectivity index (χ3v) is 5.05. The molecule has 0 aliphatic rings. The van der Waals surface area contributed by atoms with E-state index in [4.69, 9.17) is 11.5 Å². The standard InChI is InChI=1S/C14H10F6N2O2S/c15-13(16,17)9-6-8(2-3-11(9)22)25(23,24)12-4-1-7(21)5-10(12)14(18,19)20/h1-6H,21-22H2. The Labute approximate surface area is 138 Å². The number of sulfone groups is 1. The lowest BCUT2D eigenvalue weighted by Gasteiger charge is -2.16. The van der Waals surface area contributed by atoms with Crippen molar-refractivity contribution in [1.82, 2.24) is 0 Å². The molecule has 0 spiro atoms. The number of nitrogen functional groups attached to an aromatic ring is 2. The van der Waals surface area contributed by atoms with Gasteiger partial charge in [-0.2, -0.15) is 26.3 Å². The Morgan fingerprint density at radius 3 is 1.84 bits per heavy atom. The van der Waals surface area contributed by atoms with E-state index in [0.717, 1.165) is 6.07 Å². The largest absolute Gasteiger partial charge is 0.418 e. The molecule has 0 aliphatic heterocycles. The normalized spacial score (nSPS) is 13.0. The Morgan fingerprint density at radius 2 is 1.32 bits per heavy atom. The van der Waals surface area contributed by atoms with E-state index in [0.29, 0.717) is 24.3 Å². The summed E-state index contributed by atoms with van der Waals surface area (Å²) in [5.41, 5.74) is 6.28. The Hall–Kier alpha value is -2.43. The summed E-state index contributed by atoms with van der Waals surface area (Å²) in [6, 6.07) is 3.47. The fraction of sp³-hybridized carbons (Fsp3) is 0.143. The van der Waals surface area contributed by atoms with Crippen LogP contribution in [0, 0.1) is 0 Å². The summed E-state index contributed by atoms with van der Waals surface area (Å²) < 4.78 is 103. The second kappa shape index (κ2) is 5.83. The van der Waals surface area contributed by atoms with Crippen LogP contribution in [0.25, 0.3) is 0 Å². The average molecular weight is 384 g/mol. The molecule has 0 aromatic heterocycles. The van der Waals surface area contributed by atoms with Crippen molar-refractivity contribution in [1.29, 1.82) is 0 Å². The average Bonchev–Trinajstić information content (AvgIpc) is 2.45. The minimum absolute atomic E-state index is 0.196. The molecule has 0 aliphatic carbocycles. The number of hydrogen-bond acceptors (Lipinski definition) is 4. The molecule has 0 amide bonds. The van der Waals surface area contributed by atoms with Gasteiger partial charge in [-0.15, -0.1) is 0 Å². The van der Waals surface area contributed by atoms with Gasteiger partial charge in [-0.3, -0.25) is 0 Å². The van der Waals surface area contributed by atoms with E-state index in [1.807, 2.05) is 0 Å². The first-order valence-corrected chi connectivity index (χ1v) is 7.91. The predicted octanol–water partition coefficient (Wildman–Crippen LogP) is 3.72. The Bertz CT molecular complexity index is 920. The summed E-state index contributed by atoms with van der Waals surface area (Å²) in [6.45, 7) is 0. The smallest absolute Gasteiger partial charge is 0.399 e. The zero-order valence-corrected chi connectivity index (χ0v) is 12.9. The highest BCUT2D eigenvalue weighted by molar-refractivity contribution is 7.91. The first-order valence-electron chi connectivity index (χ1n) is 6.43. The summed E-state index contributed by atoms with van der Waals surface area (Å²) in [5, 5.41) is 0. The summed E-state index contributed by atoms with van der Waals surface area (Å²) in [6.07, 6.45) is -10.0. The van der Waals surface area contributed by atoms with Crippen molar-refractivity contribution >= 4 is 21.2 Å². The summed E-state index contributed by atoms with van der Waals surface area (Å²) in [4.78, 5) is -2.17. The van der Waals surface area contributed by atoms with Crippen molar-refractivity contribution in [3.8, 4) is 0 Å². The summed E-state index contributed by atoms with van der Waals surface area (Å²) >= 11 is 0. The maximum atomic E-state index is 13.1. The zero-order chi connectivity index (χ0) is 19.2. The molecular weight excluding hydrogens is 374 g/mol. The predicted molar refractivity (Wildman–Crippen MR) is 77.2 cm³/mol. The van der Waals surface area contributed by atoms with E-state index in [2.05, 4.69) is 0 Å². The zero-order valence-electron chi connectivity index (χ0n) is 12.1. The van der Waals surface area contributed by atoms with E-state index in [-0.39, 0.29) is 11.8 Å². The van der Waals surface area contributed by atoms with E-state index in [1.54, 1.807) is 0 Å². The molecule has 136 valence electrons. The van der Waals surface area contributed by atoms with Crippen LogP contribution < -0.4 is 11.5 Å². The van der Waals surface area contributed by atoms with Crippen molar-refractivity contribution in [3.05, 3.63) is 47.5 Å². The topological polar surface area (TPSA) is 86.2 Å². The van der Waals surface area contributed by atoms with Crippen molar-refractivity contribution in [3.63, 3.8) is 0 Å². The Balaban J connectivity index is 2.74. The molecule has 2 rings (SSSR count). The highest BCUT2D eigenvalue weighted by Crippen LogP contribution is 2.40. The van der Waals surface area contributed by atoms with Gasteiger partial charge < -0.3 is 11.5 Å². The molecule has 0 heterocycles. The molecule has 0 saturated carbocycles. The number of nitrogens with two attached hydrogens (primary N) is 2. The fourth-order valence-electron chi connectivity index (χ4n) is 2.08. The lowest BCUT2D eigenvalue weighted by molar-refractivity contribution is -0.140. The quantitative estimate of drug-likeness (QED) is 0.610. The molecule has 2 aromatic carbocycles. The van der Waals surface area contributed by atoms with Gasteiger partial charge in [-0.05, 0) is 36.4 Å². The minimum Gasteiger partial charge on any atom is -0.399 e. The van der Waals surface area contributed by atoms with Gasteiger partial charge in [0.2, 0.25) is 9.84 Å². The SMILES string of the molecule is Nc1ccc(S(=O)(=O)c2ccc(N)c(C(F)(F)F)c2)c(C(F)(F)F)c1. The molecule has 11 heteroatoms. The number of benzene rings is 2. The monoisotopic (exact) mass is 384 g/mol. The van der Waals surface area contributed by atoms with Crippen LogP contribution in [0.3, 0.4) is 0 Å². The maximum absolute atomic E-state index is 13.1. The van der Waals surface area contributed by atoms with Gasteiger partial charge in [0.05, 0.1) is 20.9 Å². The molecule has 2 aromatic rings. The van der Waals surface area contributed by atoms with Crippen LogP contribution >= 0.6 is 0 Å². The fourth-order valence-corrected chi connectivity index (χ4v) is 3.56. The van der Waals surface area contributed by atoms with E-state index in [9.17, 15) is 34.8 Å². The lowest BCUT2D eigenvalue weighted by Crippen LogP contribution is -2.15. The Kier molecular flexibility index (Phi) is 4.41. The molecule has 0 saturated heterocycles.